The monoisotopic (exact) mass is 1450 g/mol. The lowest BCUT2D eigenvalue weighted by Crippen LogP contribution is -2.03. The zero-order valence-corrected chi connectivity index (χ0v) is 60.9. The highest BCUT2D eigenvalue weighted by Crippen LogP contribution is 2.51. The number of nitrogens with zero attached hydrogens (tertiary/aromatic N) is 5. The second kappa shape index (κ2) is 24.8. The van der Waals surface area contributed by atoms with Crippen LogP contribution in [0.2, 0.25) is 5.28 Å². The number of H-pyrrole nitrogens is 1. The van der Waals surface area contributed by atoms with Gasteiger partial charge < -0.3 is 0 Å². The number of halogens is 1. The summed E-state index contributed by atoms with van der Waals surface area (Å²) in [5.41, 5.74) is 14.7. The average Bonchev–Trinajstić information content (AvgIpc) is 1.54. The zero-order valence-electron chi connectivity index (χ0n) is 56.8. The zero-order chi connectivity index (χ0) is 70.4. The summed E-state index contributed by atoms with van der Waals surface area (Å²) >= 11 is 13.4. The third-order valence-corrected chi connectivity index (χ3v) is 25.9. The van der Waals surface area contributed by atoms with Crippen molar-refractivity contribution in [2.45, 2.75) is 0 Å². The highest BCUT2D eigenvalue weighted by molar-refractivity contribution is 7.27. The molecule has 0 aliphatic heterocycles. The van der Waals surface area contributed by atoms with Gasteiger partial charge in [-0.2, -0.15) is 0 Å². The van der Waals surface area contributed by atoms with Crippen molar-refractivity contribution in [3.63, 3.8) is 0 Å². The molecule has 1 N–H and O–H groups in total. The minimum absolute atomic E-state index is 0.280. The molecule has 8 heterocycles. The Hall–Kier alpha value is -12.6. The van der Waals surface area contributed by atoms with Gasteiger partial charge in [-0.25, -0.2) is 19.9 Å². The SMILES string of the molecule is Clc1nc(-c2ccc(-c3cccc4ccccc34)cc2)c2c(n1)sc1ccccc12.[C+]1=Cc2[nH]c3c(c2C=C1)c1ccccc1c1sc2ccccc2c31.c1ccc2c(-c3ccc(-c4nc(-n5c6ccccc6c6c7ccccc7c7sc8ccccc8c7c65)nc5sc6ccccc6c45)cc3)cccc2c1. The van der Waals surface area contributed by atoms with Crippen molar-refractivity contribution in [2.24, 2.45) is 0 Å². The predicted molar refractivity (Wildman–Crippen MR) is 462 cm³/mol. The summed E-state index contributed by atoms with van der Waals surface area (Å²) in [7, 11) is 0. The van der Waals surface area contributed by atoms with Gasteiger partial charge >= 0.3 is 0 Å². The third-order valence-electron chi connectivity index (χ3n) is 21.2. The lowest BCUT2D eigenvalue weighted by atomic mass is 9.96. The van der Waals surface area contributed by atoms with Crippen LogP contribution in [0.4, 0.5) is 0 Å². The van der Waals surface area contributed by atoms with Crippen molar-refractivity contribution in [2.75, 3.05) is 0 Å². The van der Waals surface area contributed by atoms with Crippen molar-refractivity contribution in [3.8, 4) is 50.7 Å². The number of benzene rings is 15. The second-order valence-corrected chi connectivity index (χ2v) is 31.6. The van der Waals surface area contributed by atoms with Gasteiger partial charge in [-0.3, -0.25) is 9.55 Å². The minimum atomic E-state index is 0.280. The van der Waals surface area contributed by atoms with E-state index in [2.05, 4.69) is 329 Å². The van der Waals surface area contributed by atoms with Crippen LogP contribution in [-0.4, -0.2) is 29.5 Å². The molecule has 23 aromatic rings. The number of hydrogen-bond acceptors (Lipinski definition) is 8. The quantitative estimate of drug-likeness (QED) is 0.138. The molecule has 0 fully saturated rings. The predicted octanol–water partition coefficient (Wildman–Crippen LogP) is 28.5. The number of hydrogen-bond donors (Lipinski definition) is 1. The van der Waals surface area contributed by atoms with Crippen LogP contribution in [0, 0.1) is 6.08 Å². The number of rotatable bonds is 5. The molecule has 0 saturated carbocycles. The van der Waals surface area contributed by atoms with Crippen LogP contribution >= 0.6 is 56.9 Å². The largest absolute Gasteiger partial charge is 0.300 e. The van der Waals surface area contributed by atoms with Gasteiger partial charge in [-0.15, -0.1) is 45.3 Å². The van der Waals surface area contributed by atoms with Crippen LogP contribution in [-0.2, 0) is 0 Å². The summed E-state index contributed by atoms with van der Waals surface area (Å²) in [6.45, 7) is 0. The van der Waals surface area contributed by atoms with Gasteiger partial charge in [0.1, 0.15) is 27.4 Å². The van der Waals surface area contributed by atoms with Crippen LogP contribution in [0.15, 0.2) is 309 Å². The number of fused-ring (bicyclic) bond motifs is 28. The molecule has 1 aliphatic carbocycles. The number of aromatic amines is 1. The van der Waals surface area contributed by atoms with E-state index < -0.39 is 0 Å². The maximum atomic E-state index is 6.28. The first-order valence-corrected chi connectivity index (χ1v) is 39.2. The van der Waals surface area contributed by atoms with Crippen molar-refractivity contribution in [3.05, 3.63) is 332 Å². The van der Waals surface area contributed by atoms with E-state index in [1.165, 1.54) is 153 Å². The van der Waals surface area contributed by atoms with E-state index >= 15 is 0 Å². The van der Waals surface area contributed by atoms with Gasteiger partial charge in [0, 0.05) is 115 Å². The Kier molecular flexibility index (Phi) is 14.3. The molecule has 0 saturated heterocycles. The van der Waals surface area contributed by atoms with Gasteiger partial charge in [0.15, 0.2) is 5.69 Å². The second-order valence-electron chi connectivity index (χ2n) is 27.1. The molecule has 8 aromatic heterocycles. The van der Waals surface area contributed by atoms with E-state index in [4.69, 9.17) is 21.6 Å². The average molecular weight is 1460 g/mol. The summed E-state index contributed by atoms with van der Waals surface area (Å²) in [5.74, 6) is 0.690. The lowest BCUT2D eigenvalue weighted by Gasteiger charge is -2.12. The smallest absolute Gasteiger partial charge is 0.236 e. The summed E-state index contributed by atoms with van der Waals surface area (Å²) in [4.78, 5) is 25.7. The van der Waals surface area contributed by atoms with E-state index in [-0.39, 0.29) is 5.28 Å². The van der Waals surface area contributed by atoms with Gasteiger partial charge in [0.25, 0.3) is 0 Å². The van der Waals surface area contributed by atoms with Gasteiger partial charge in [-0.1, -0.05) is 273 Å². The van der Waals surface area contributed by atoms with Crippen molar-refractivity contribution >= 4 is 226 Å². The fourth-order valence-corrected chi connectivity index (χ4v) is 21.4. The van der Waals surface area contributed by atoms with Crippen molar-refractivity contribution in [1.82, 2.24) is 29.5 Å². The molecule has 0 bridgehead atoms. The Morgan fingerprint density at radius 1 is 0.327 bits per heavy atom. The molecule has 0 atom stereocenters. The Bertz CT molecular complexity index is 7710. The van der Waals surface area contributed by atoms with E-state index in [0.29, 0.717) is 5.95 Å². The molecule has 498 valence electrons. The Morgan fingerprint density at radius 3 is 1.32 bits per heavy atom. The first kappa shape index (κ1) is 61.8. The maximum Gasteiger partial charge on any atom is 0.236 e. The van der Waals surface area contributed by atoms with Crippen LogP contribution in [0.25, 0.3) is 220 Å². The Balaban J connectivity index is 0.000000111. The molecule has 0 unspecified atom stereocenters. The molecular weight excluding hydrogens is 1400 g/mol. The number of allylic oxidation sites excluding steroid dienone is 2. The van der Waals surface area contributed by atoms with E-state index in [1.807, 2.05) is 40.9 Å². The van der Waals surface area contributed by atoms with Crippen LogP contribution < -0.4 is 0 Å². The number of thiophene rings is 4. The summed E-state index contributed by atoms with van der Waals surface area (Å²) in [6.07, 6.45) is 9.41. The fraction of sp³-hybridized carbons (Fsp3) is 0. The summed E-state index contributed by atoms with van der Waals surface area (Å²) in [5, 5.41) is 24.0. The normalized spacial score (nSPS) is 12.2. The molecule has 24 rings (SSSR count). The van der Waals surface area contributed by atoms with Crippen LogP contribution in [0.1, 0.15) is 11.3 Å². The van der Waals surface area contributed by atoms with E-state index in [1.54, 1.807) is 22.7 Å². The summed E-state index contributed by atoms with van der Waals surface area (Å²) in [6, 6.07) is 108. The first-order chi connectivity index (χ1) is 53.0. The molecule has 11 heteroatoms. The molecular formula is C96H54ClN6S4+. The third kappa shape index (κ3) is 9.85. The maximum absolute atomic E-state index is 6.28. The fourth-order valence-electron chi connectivity index (χ4n) is 16.6. The molecule has 15 aromatic carbocycles. The molecule has 0 amide bonds. The van der Waals surface area contributed by atoms with Gasteiger partial charge in [0.2, 0.25) is 11.2 Å². The Labute approximate surface area is 633 Å². The summed E-state index contributed by atoms with van der Waals surface area (Å²) < 4.78 is 10.0. The minimum Gasteiger partial charge on any atom is -0.300 e. The van der Waals surface area contributed by atoms with Crippen LogP contribution in [0.5, 0.6) is 0 Å². The highest BCUT2D eigenvalue weighted by atomic mass is 35.5. The number of para-hydroxylation sites is 1. The van der Waals surface area contributed by atoms with Crippen molar-refractivity contribution < 1.29 is 0 Å². The first-order valence-electron chi connectivity index (χ1n) is 35.6. The molecule has 6 nitrogen and oxygen atoms in total. The van der Waals surface area contributed by atoms with Gasteiger partial charge in [0.05, 0.1) is 34.0 Å². The highest BCUT2D eigenvalue weighted by Gasteiger charge is 2.27. The van der Waals surface area contributed by atoms with Crippen molar-refractivity contribution in [1.29, 1.82) is 0 Å². The topological polar surface area (TPSA) is 72.3 Å². The lowest BCUT2D eigenvalue weighted by molar-refractivity contribution is 1.02. The van der Waals surface area contributed by atoms with Crippen LogP contribution in [0.3, 0.4) is 0 Å². The standard InChI is InChI=1S/C48H27N3S2.C26H15ClN2S.C22H12NS/c1-2-14-31-28(12-1)13-11-20-32(31)29-24-26-30(27-25-29)44-42-36-18-6-10-23-40(36)53-47(42)50-48(49-44)51-38-21-8-5-17-35(38)41-33-15-3-4-16-34(33)46-43(45(41)51)37-19-7-9-22-39(37)52-46;27-26-28-24(23-21-9-3-4-11-22(21)30-25(23)29-26)18-14-12-17(13-15-18)20-10-5-7-16-6-1-2-8-19(16)20;1-2-8-14-13(7-1)19-15-9-3-5-11-17(15)23-21(19)20-16-10-4-6-12-18(16)24-22(14)20/h1-27H;1-15H;1-4,6-12,23H/q;;+1. The Morgan fingerprint density at radius 2 is 0.748 bits per heavy atom. The molecule has 107 heavy (non-hydrogen) atoms. The number of aromatic nitrogens is 6. The molecule has 0 radical (unpaired) electrons. The number of nitrogens with one attached hydrogen (secondary N) is 1. The van der Waals surface area contributed by atoms with E-state index in [0.717, 1.165) is 59.7 Å². The van der Waals surface area contributed by atoms with E-state index in [9.17, 15) is 0 Å². The van der Waals surface area contributed by atoms with Gasteiger partial charge in [-0.05, 0) is 96.5 Å². The molecule has 1 aliphatic rings. The molecule has 0 spiro atoms.